The molecule has 0 atom stereocenters. The van der Waals surface area contributed by atoms with E-state index in [1.54, 1.807) is 6.07 Å². The molecule has 0 bridgehead atoms. The summed E-state index contributed by atoms with van der Waals surface area (Å²) in [5.74, 6) is 0. The molecule has 80 valence electrons. The van der Waals surface area contributed by atoms with Crippen LogP contribution in [0.25, 0.3) is 0 Å². The van der Waals surface area contributed by atoms with Crippen molar-refractivity contribution >= 4 is 0 Å². The number of likely N-dealkylation sites (tertiary alicyclic amines) is 1. The number of hydrogen-bond donors (Lipinski definition) is 1. The molecule has 0 aromatic rings. The van der Waals surface area contributed by atoms with E-state index >= 15 is 0 Å². The molecule has 3 nitrogen and oxygen atoms in total. The minimum absolute atomic E-state index is 0.0829. The fourth-order valence-corrected chi connectivity index (χ4v) is 1.45. The third-order valence-electron chi connectivity index (χ3n) is 2.29. The largest absolute Gasteiger partial charge is 0.401 e. The van der Waals surface area contributed by atoms with E-state index in [9.17, 15) is 18.3 Å². The molecule has 1 aliphatic heterocycles. The second-order valence-corrected chi connectivity index (χ2v) is 3.53. The van der Waals surface area contributed by atoms with Crippen LogP contribution in [0.15, 0.2) is 0 Å². The molecule has 0 aliphatic carbocycles. The van der Waals surface area contributed by atoms with Crippen molar-refractivity contribution < 1.29 is 18.3 Å². The minimum Gasteiger partial charge on any atom is -0.375 e. The number of halogens is 3. The van der Waals surface area contributed by atoms with Crippen LogP contribution < -0.4 is 0 Å². The highest BCUT2D eigenvalue weighted by molar-refractivity contribution is 5.03. The maximum Gasteiger partial charge on any atom is 0.401 e. The molecular weight excluding hydrogens is 197 g/mol. The van der Waals surface area contributed by atoms with Gasteiger partial charge in [-0.15, -0.1) is 0 Å². The van der Waals surface area contributed by atoms with E-state index < -0.39 is 18.3 Å². The van der Waals surface area contributed by atoms with Gasteiger partial charge in [-0.05, 0) is 0 Å². The van der Waals surface area contributed by atoms with Gasteiger partial charge in [-0.1, -0.05) is 0 Å². The summed E-state index contributed by atoms with van der Waals surface area (Å²) in [6, 6.07) is 1.71. The number of rotatable bonds is 1. The van der Waals surface area contributed by atoms with Crippen LogP contribution in [0.4, 0.5) is 13.2 Å². The quantitative estimate of drug-likeness (QED) is 0.651. The molecule has 0 aromatic carbocycles. The summed E-state index contributed by atoms with van der Waals surface area (Å²) in [6.07, 6.45) is -4.04. The number of aliphatic hydroxyl groups is 1. The number of nitrogens with zero attached hydrogens (tertiary/aromatic N) is 2. The van der Waals surface area contributed by atoms with Crippen molar-refractivity contribution in [3.8, 4) is 6.07 Å². The summed E-state index contributed by atoms with van der Waals surface area (Å²) in [7, 11) is 0. The van der Waals surface area contributed by atoms with Crippen LogP contribution in [0, 0.1) is 11.3 Å². The fourth-order valence-electron chi connectivity index (χ4n) is 1.45. The van der Waals surface area contributed by atoms with Gasteiger partial charge in [-0.25, -0.2) is 0 Å². The van der Waals surface area contributed by atoms with Gasteiger partial charge in [0, 0.05) is 25.9 Å². The first-order valence-electron chi connectivity index (χ1n) is 4.27. The van der Waals surface area contributed by atoms with E-state index in [1.807, 2.05) is 0 Å². The zero-order chi connectivity index (χ0) is 10.8. The highest BCUT2D eigenvalue weighted by Crippen LogP contribution is 2.24. The molecule has 0 saturated carbocycles. The van der Waals surface area contributed by atoms with Crippen LogP contribution in [0.3, 0.4) is 0 Å². The second-order valence-electron chi connectivity index (χ2n) is 3.53. The molecule has 1 rings (SSSR count). The SMILES string of the molecule is N#CC1(O)CCN(CC(F)(F)F)CC1. The van der Waals surface area contributed by atoms with Crippen molar-refractivity contribution in [2.45, 2.75) is 24.6 Å². The first-order valence-corrected chi connectivity index (χ1v) is 4.27. The molecule has 0 spiro atoms. The van der Waals surface area contributed by atoms with Gasteiger partial charge in [0.15, 0.2) is 5.60 Å². The smallest absolute Gasteiger partial charge is 0.375 e. The Kier molecular flexibility index (Phi) is 3.02. The van der Waals surface area contributed by atoms with Crippen LogP contribution in [0.5, 0.6) is 0 Å². The topological polar surface area (TPSA) is 47.3 Å². The Hall–Kier alpha value is -0.800. The molecule has 1 fully saturated rings. The average molecular weight is 208 g/mol. The summed E-state index contributed by atoms with van der Waals surface area (Å²) in [6.45, 7) is -0.734. The fraction of sp³-hybridized carbons (Fsp3) is 0.875. The third-order valence-corrected chi connectivity index (χ3v) is 2.29. The van der Waals surface area contributed by atoms with E-state index in [-0.39, 0.29) is 25.9 Å². The first kappa shape index (κ1) is 11.3. The second kappa shape index (κ2) is 3.75. The summed E-state index contributed by atoms with van der Waals surface area (Å²) in [4.78, 5) is 1.20. The van der Waals surface area contributed by atoms with Gasteiger partial charge in [0.2, 0.25) is 0 Å². The van der Waals surface area contributed by atoms with Gasteiger partial charge in [0.1, 0.15) is 0 Å². The molecule has 0 amide bonds. The van der Waals surface area contributed by atoms with Crippen LogP contribution in [0.1, 0.15) is 12.8 Å². The summed E-state index contributed by atoms with van der Waals surface area (Å²) >= 11 is 0. The lowest BCUT2D eigenvalue weighted by Crippen LogP contribution is -2.46. The first-order chi connectivity index (χ1) is 6.35. The Balaban J connectivity index is 2.41. The van der Waals surface area contributed by atoms with Gasteiger partial charge >= 0.3 is 6.18 Å². The third kappa shape index (κ3) is 3.16. The number of hydrogen-bond acceptors (Lipinski definition) is 3. The molecule has 1 aliphatic rings. The van der Waals surface area contributed by atoms with Crippen molar-refractivity contribution in [1.82, 2.24) is 4.90 Å². The van der Waals surface area contributed by atoms with Crippen molar-refractivity contribution in [2.24, 2.45) is 0 Å². The Labute approximate surface area is 79.7 Å². The van der Waals surface area contributed by atoms with E-state index in [4.69, 9.17) is 5.26 Å². The van der Waals surface area contributed by atoms with Crippen molar-refractivity contribution in [3.05, 3.63) is 0 Å². The molecule has 1 saturated heterocycles. The monoisotopic (exact) mass is 208 g/mol. The Bertz CT molecular complexity index is 238. The predicted molar refractivity (Wildman–Crippen MR) is 42.3 cm³/mol. The number of nitriles is 1. The molecule has 6 heteroatoms. The average Bonchev–Trinajstić information content (AvgIpc) is 2.07. The Morgan fingerprint density at radius 2 is 1.86 bits per heavy atom. The molecule has 1 heterocycles. The van der Waals surface area contributed by atoms with Crippen molar-refractivity contribution in [2.75, 3.05) is 19.6 Å². The lowest BCUT2D eigenvalue weighted by Gasteiger charge is -2.34. The van der Waals surface area contributed by atoms with Gasteiger partial charge in [0.25, 0.3) is 0 Å². The number of alkyl halides is 3. The maximum absolute atomic E-state index is 11.9. The van der Waals surface area contributed by atoms with Gasteiger partial charge in [-0.2, -0.15) is 18.4 Å². The minimum atomic E-state index is -4.21. The molecule has 14 heavy (non-hydrogen) atoms. The zero-order valence-electron chi connectivity index (χ0n) is 7.51. The van der Waals surface area contributed by atoms with Gasteiger partial charge in [0.05, 0.1) is 12.6 Å². The maximum atomic E-state index is 11.9. The molecule has 0 unspecified atom stereocenters. The standard InChI is InChI=1S/C8H11F3N2O/c9-8(10,11)6-13-3-1-7(14,5-12)2-4-13/h14H,1-4,6H2. The van der Waals surface area contributed by atoms with E-state index in [1.165, 1.54) is 4.90 Å². The van der Waals surface area contributed by atoms with Crippen LogP contribution in [0.2, 0.25) is 0 Å². The molecule has 0 radical (unpaired) electrons. The van der Waals surface area contributed by atoms with Crippen molar-refractivity contribution in [3.63, 3.8) is 0 Å². The summed E-state index contributed by atoms with van der Waals surface area (Å²) in [5.41, 5.74) is -1.43. The molecule has 1 N–H and O–H groups in total. The molecule has 0 aromatic heterocycles. The lowest BCUT2D eigenvalue weighted by molar-refractivity contribution is -0.151. The van der Waals surface area contributed by atoms with Crippen molar-refractivity contribution in [1.29, 1.82) is 5.26 Å². The molecular formula is C8H11F3N2O. The highest BCUT2D eigenvalue weighted by Gasteiger charge is 2.37. The normalized spacial score (nSPS) is 23.1. The van der Waals surface area contributed by atoms with E-state index in [0.717, 1.165) is 0 Å². The summed E-state index contributed by atoms with van der Waals surface area (Å²) < 4.78 is 35.8. The van der Waals surface area contributed by atoms with E-state index in [2.05, 4.69) is 0 Å². The zero-order valence-corrected chi connectivity index (χ0v) is 7.51. The predicted octanol–water partition coefficient (Wildman–Crippen LogP) is 0.899. The van der Waals surface area contributed by atoms with Crippen LogP contribution in [-0.2, 0) is 0 Å². The summed E-state index contributed by atoms with van der Waals surface area (Å²) in [5, 5.41) is 18.0. The van der Waals surface area contributed by atoms with E-state index in [0.29, 0.717) is 0 Å². The van der Waals surface area contributed by atoms with Gasteiger partial charge in [-0.3, -0.25) is 4.90 Å². The van der Waals surface area contributed by atoms with Crippen LogP contribution >= 0.6 is 0 Å². The van der Waals surface area contributed by atoms with Gasteiger partial charge < -0.3 is 5.11 Å². The number of piperidine rings is 1. The Morgan fingerprint density at radius 1 is 1.36 bits per heavy atom. The van der Waals surface area contributed by atoms with Crippen LogP contribution in [-0.4, -0.2) is 41.4 Å². The highest BCUT2D eigenvalue weighted by atomic mass is 19.4. The lowest BCUT2D eigenvalue weighted by atomic mass is 9.93. The Morgan fingerprint density at radius 3 is 2.21 bits per heavy atom.